The minimum absolute atomic E-state index is 0. The molecule has 0 fully saturated rings. The summed E-state index contributed by atoms with van der Waals surface area (Å²) in [4.78, 5) is 12.1. The van der Waals surface area contributed by atoms with Gasteiger partial charge >= 0.3 is 0 Å². The zero-order valence-corrected chi connectivity index (χ0v) is 17.1. The van der Waals surface area contributed by atoms with E-state index in [9.17, 15) is 4.79 Å². The number of methoxy groups -OCH3 is 1. The summed E-state index contributed by atoms with van der Waals surface area (Å²) in [5.41, 5.74) is 1.65. The van der Waals surface area contributed by atoms with E-state index in [1.807, 2.05) is 31.2 Å². The fourth-order valence-electron chi connectivity index (χ4n) is 1.99. The first-order valence-corrected chi connectivity index (χ1v) is 7.50. The van der Waals surface area contributed by atoms with Crippen LogP contribution in [0.1, 0.15) is 6.92 Å². The van der Waals surface area contributed by atoms with Crippen molar-refractivity contribution < 1.29 is 42.2 Å². The summed E-state index contributed by atoms with van der Waals surface area (Å²) >= 11 is 3.24. The molecule has 0 aliphatic heterocycles. The summed E-state index contributed by atoms with van der Waals surface area (Å²) in [6, 6.07) is 12.4. The molecule has 1 heterocycles. The van der Waals surface area contributed by atoms with Gasteiger partial charge in [-0.05, 0) is 23.5 Å². The van der Waals surface area contributed by atoms with E-state index >= 15 is 0 Å². The Kier molecular flexibility index (Phi) is 8.54. The van der Waals surface area contributed by atoms with Gasteiger partial charge in [0.05, 0.1) is 6.61 Å². The summed E-state index contributed by atoms with van der Waals surface area (Å²) in [5, 5.41) is 0. The first kappa shape index (κ1) is 19.6. The van der Waals surface area contributed by atoms with E-state index < -0.39 is 0 Å². The van der Waals surface area contributed by atoms with Crippen LogP contribution in [0.15, 0.2) is 39.6 Å². The third-order valence-corrected chi connectivity index (χ3v) is 3.62. The average molecular weight is 440 g/mol. The first-order chi connectivity index (χ1) is 10.2. The number of rotatable bonds is 6. The van der Waals surface area contributed by atoms with Crippen molar-refractivity contribution in [1.29, 1.82) is 0 Å². The normalized spacial score (nSPS) is 10.1. The maximum Gasteiger partial charge on any atom is 0.208 e. The van der Waals surface area contributed by atoms with Crippen LogP contribution in [0.25, 0.3) is 11.3 Å². The molecular formula is C16H17BrNO3Y-. The summed E-state index contributed by atoms with van der Waals surface area (Å²) in [7, 11) is 1.64. The maximum absolute atomic E-state index is 12.1. The van der Waals surface area contributed by atoms with Crippen molar-refractivity contribution in [3.05, 3.63) is 51.2 Å². The first-order valence-electron chi connectivity index (χ1n) is 6.70. The van der Waals surface area contributed by atoms with E-state index in [0.29, 0.717) is 24.2 Å². The molecule has 1 aromatic carbocycles. The van der Waals surface area contributed by atoms with Crippen molar-refractivity contribution in [1.82, 2.24) is 4.57 Å². The molecule has 1 aromatic heterocycles. The van der Waals surface area contributed by atoms with Crippen molar-refractivity contribution in [3.63, 3.8) is 0 Å². The zero-order valence-electron chi connectivity index (χ0n) is 12.6. The van der Waals surface area contributed by atoms with Gasteiger partial charge in [0.25, 0.3) is 0 Å². The van der Waals surface area contributed by atoms with E-state index in [4.69, 9.17) is 9.47 Å². The van der Waals surface area contributed by atoms with Gasteiger partial charge in [-0.3, -0.25) is 4.79 Å². The van der Waals surface area contributed by atoms with Crippen LogP contribution in [0.5, 0.6) is 5.75 Å². The van der Waals surface area contributed by atoms with Gasteiger partial charge in [0.15, 0.2) is 0 Å². The summed E-state index contributed by atoms with van der Waals surface area (Å²) in [6.45, 7) is 3.60. The van der Waals surface area contributed by atoms with Gasteiger partial charge in [0.2, 0.25) is 5.56 Å². The van der Waals surface area contributed by atoms with Gasteiger partial charge in [-0.1, -0.05) is 11.3 Å². The Morgan fingerprint density at radius 1 is 1.23 bits per heavy atom. The van der Waals surface area contributed by atoms with Gasteiger partial charge in [-0.25, -0.2) is 0 Å². The largest absolute Gasteiger partial charge is 0.491 e. The van der Waals surface area contributed by atoms with Crippen molar-refractivity contribution in [2.24, 2.45) is 0 Å². The molecule has 0 bridgehead atoms. The molecule has 2 rings (SSSR count). The second-order valence-electron chi connectivity index (χ2n) is 4.40. The van der Waals surface area contributed by atoms with E-state index in [0.717, 1.165) is 17.0 Å². The number of hydrogen-bond acceptors (Lipinski definition) is 3. The molecule has 0 aliphatic rings. The van der Waals surface area contributed by atoms with Crippen molar-refractivity contribution in [2.75, 3.05) is 20.3 Å². The molecule has 6 heteroatoms. The van der Waals surface area contributed by atoms with Crippen LogP contribution in [0.3, 0.4) is 0 Å². The Bertz CT molecular complexity index is 655. The Labute approximate surface area is 163 Å². The van der Waals surface area contributed by atoms with Crippen molar-refractivity contribution >= 4 is 15.9 Å². The topological polar surface area (TPSA) is 40.5 Å². The van der Waals surface area contributed by atoms with Crippen LogP contribution in [-0.4, -0.2) is 24.9 Å². The van der Waals surface area contributed by atoms with Crippen LogP contribution in [-0.2, 0) is 44.0 Å². The number of halogens is 1. The minimum Gasteiger partial charge on any atom is -0.491 e. The zero-order chi connectivity index (χ0) is 15.2. The molecular weight excluding hydrogens is 423 g/mol. The Morgan fingerprint density at radius 2 is 1.91 bits per heavy atom. The standard InChI is InChI=1S/C16H17BrNO3.Y/c1-3-18-15(9-8-14(17)16(18)19)12-4-6-13(7-5-12)21-11-10-20-2;/h4-8H,3,10-11H2,1-2H3;/q-1;. The summed E-state index contributed by atoms with van der Waals surface area (Å²) in [6.07, 6.45) is 0. The van der Waals surface area contributed by atoms with Gasteiger partial charge in [0.1, 0.15) is 12.4 Å². The molecule has 0 aliphatic carbocycles. The van der Waals surface area contributed by atoms with Crippen LogP contribution in [0.4, 0.5) is 0 Å². The molecule has 0 spiro atoms. The second kappa shape index (κ2) is 9.61. The number of hydrogen-bond donors (Lipinski definition) is 0. The van der Waals surface area contributed by atoms with E-state index in [-0.39, 0.29) is 38.3 Å². The van der Waals surface area contributed by atoms with Crippen LogP contribution in [0, 0.1) is 6.07 Å². The monoisotopic (exact) mass is 439 g/mol. The fourth-order valence-corrected chi connectivity index (χ4v) is 2.32. The van der Waals surface area contributed by atoms with Gasteiger partial charge in [-0.15, -0.1) is 28.1 Å². The molecule has 0 amide bonds. The van der Waals surface area contributed by atoms with Crippen molar-refractivity contribution in [2.45, 2.75) is 13.5 Å². The molecule has 1 radical (unpaired) electrons. The quantitative estimate of drug-likeness (QED) is 0.512. The second-order valence-corrected chi connectivity index (χ2v) is 5.25. The number of benzene rings is 1. The van der Waals surface area contributed by atoms with Crippen molar-refractivity contribution in [3.8, 4) is 17.0 Å². The SMILES string of the molecule is CCn1c(-c2ccc(OCCOC)cc2)[c-]cc(Br)c1=O.[Y]. The fraction of sp³-hybridized carbons (Fsp3) is 0.312. The predicted molar refractivity (Wildman–Crippen MR) is 85.7 cm³/mol. The Morgan fingerprint density at radius 3 is 2.50 bits per heavy atom. The van der Waals surface area contributed by atoms with Gasteiger partial charge in [0, 0.05) is 46.4 Å². The Hall–Kier alpha value is -0.486. The molecule has 0 saturated carbocycles. The van der Waals surface area contributed by atoms with E-state index in [2.05, 4.69) is 22.0 Å². The predicted octanol–water partition coefficient (Wildman–Crippen LogP) is 3.12. The number of aromatic nitrogens is 1. The van der Waals surface area contributed by atoms with Gasteiger partial charge < -0.3 is 14.0 Å². The van der Waals surface area contributed by atoms with Crippen LogP contribution in [0.2, 0.25) is 0 Å². The van der Waals surface area contributed by atoms with E-state index in [1.54, 1.807) is 17.7 Å². The molecule has 22 heavy (non-hydrogen) atoms. The molecule has 4 nitrogen and oxygen atoms in total. The van der Waals surface area contributed by atoms with Crippen LogP contribution < -0.4 is 10.3 Å². The third kappa shape index (κ3) is 4.75. The average Bonchev–Trinajstić information content (AvgIpc) is 2.51. The molecule has 0 unspecified atom stereocenters. The smallest absolute Gasteiger partial charge is 0.208 e. The molecule has 115 valence electrons. The summed E-state index contributed by atoms with van der Waals surface area (Å²) in [5.74, 6) is 0.776. The third-order valence-electron chi connectivity index (χ3n) is 3.06. The van der Waals surface area contributed by atoms with Crippen LogP contribution >= 0.6 is 15.9 Å². The van der Waals surface area contributed by atoms with E-state index in [1.165, 1.54) is 0 Å². The number of pyridine rings is 1. The van der Waals surface area contributed by atoms with Gasteiger partial charge in [-0.2, -0.15) is 12.1 Å². The number of ether oxygens (including phenoxy) is 2. The molecule has 2 aromatic rings. The number of nitrogens with zero attached hydrogens (tertiary/aromatic N) is 1. The molecule has 0 atom stereocenters. The molecule has 0 N–H and O–H groups in total. The minimum atomic E-state index is -0.0494. The summed E-state index contributed by atoms with van der Waals surface area (Å²) < 4.78 is 12.7. The molecule has 0 saturated heterocycles. The maximum atomic E-state index is 12.1. The Balaban J connectivity index is 0.00000242.